The quantitative estimate of drug-likeness (QED) is 0.495. The highest BCUT2D eigenvalue weighted by molar-refractivity contribution is 4.84. The van der Waals surface area contributed by atoms with Crippen molar-refractivity contribution in [2.24, 2.45) is 0 Å². The van der Waals surface area contributed by atoms with Gasteiger partial charge in [-0.3, -0.25) is 0 Å². The average Bonchev–Trinajstić information content (AvgIpc) is 2.25. The molecule has 4 heteroatoms. The molecule has 0 bridgehead atoms. The van der Waals surface area contributed by atoms with E-state index in [1.807, 2.05) is 0 Å². The van der Waals surface area contributed by atoms with Gasteiger partial charge in [0, 0.05) is 6.42 Å². The summed E-state index contributed by atoms with van der Waals surface area (Å²) in [5.74, 6) is 0. The molecule has 4 nitrogen and oxygen atoms in total. The van der Waals surface area contributed by atoms with Crippen LogP contribution in [0.4, 0.5) is 0 Å². The average molecular weight is 156 g/mol. The number of rotatable bonds is 0. The van der Waals surface area contributed by atoms with Gasteiger partial charge >= 0.3 is 0 Å². The molecular formula is C7H12N2O2. The summed E-state index contributed by atoms with van der Waals surface area (Å²) in [7, 11) is 0. The molecule has 2 aliphatic rings. The third-order valence-corrected chi connectivity index (χ3v) is 2.71. The van der Waals surface area contributed by atoms with E-state index < -0.39 is 0 Å². The molecule has 0 radical (unpaired) electrons. The maximum absolute atomic E-state index is 10.9. The van der Waals surface area contributed by atoms with Gasteiger partial charge in [0.1, 0.15) is 10.9 Å². The first-order valence-electron chi connectivity index (χ1n) is 4.23. The van der Waals surface area contributed by atoms with Crippen molar-refractivity contribution in [3.8, 4) is 0 Å². The third kappa shape index (κ3) is 0.929. The molecule has 1 heterocycles. The van der Waals surface area contributed by atoms with E-state index in [0.717, 1.165) is 25.7 Å². The number of hydrogen-bond acceptors (Lipinski definition) is 2. The summed E-state index contributed by atoms with van der Waals surface area (Å²) in [6.45, 7) is 0. The van der Waals surface area contributed by atoms with Crippen molar-refractivity contribution < 1.29 is 4.87 Å². The van der Waals surface area contributed by atoms with Crippen LogP contribution in [0.3, 0.4) is 0 Å². The van der Waals surface area contributed by atoms with Crippen LogP contribution in [0.2, 0.25) is 0 Å². The zero-order valence-electron chi connectivity index (χ0n) is 6.40. The number of hydroxylamine groups is 1. The number of nitroso groups, excluding NO2 is 1. The third-order valence-electron chi connectivity index (χ3n) is 2.71. The van der Waals surface area contributed by atoms with Gasteiger partial charge in [0.15, 0.2) is 0 Å². The summed E-state index contributed by atoms with van der Waals surface area (Å²) in [5.41, 5.74) is 0. The highest BCUT2D eigenvalue weighted by atomic mass is 16.6. The van der Waals surface area contributed by atoms with E-state index >= 15 is 0 Å². The minimum atomic E-state index is 0.00926. The summed E-state index contributed by atoms with van der Waals surface area (Å²) >= 11 is 0. The lowest BCUT2D eigenvalue weighted by atomic mass is 10.0. The second-order valence-corrected chi connectivity index (χ2v) is 3.38. The second kappa shape index (κ2) is 2.44. The largest absolute Gasteiger partial charge is 0.704 e. The first-order valence-corrected chi connectivity index (χ1v) is 4.23. The molecule has 0 aromatic heterocycles. The topological polar surface area (TPSA) is 46.4 Å². The molecule has 1 aliphatic heterocycles. The molecule has 0 aromatic rings. The Labute approximate surface area is 65.3 Å². The van der Waals surface area contributed by atoms with Crippen LogP contribution in [-0.4, -0.2) is 22.1 Å². The van der Waals surface area contributed by atoms with Gasteiger partial charge in [-0.1, -0.05) is 12.8 Å². The van der Waals surface area contributed by atoms with E-state index in [2.05, 4.69) is 0 Å². The van der Waals surface area contributed by atoms with Crippen LogP contribution in [0.5, 0.6) is 0 Å². The zero-order chi connectivity index (χ0) is 7.84. The normalized spacial score (nSPS) is 37.5. The number of hydrogen-bond donors (Lipinski definition) is 0. The summed E-state index contributed by atoms with van der Waals surface area (Å²) in [5, 5.41) is 11.5. The minimum absolute atomic E-state index is 0.00926. The lowest BCUT2D eigenvalue weighted by molar-refractivity contribution is -0.802. The van der Waals surface area contributed by atoms with Gasteiger partial charge in [-0.25, -0.2) is 0 Å². The van der Waals surface area contributed by atoms with Crippen LogP contribution in [-0.2, 0) is 0 Å². The van der Waals surface area contributed by atoms with Gasteiger partial charge in [0.25, 0.3) is 6.04 Å². The highest BCUT2D eigenvalue weighted by Gasteiger charge is 2.51. The first-order chi connectivity index (χ1) is 5.30. The Morgan fingerprint density at radius 2 is 2.00 bits per heavy atom. The van der Waals surface area contributed by atoms with Gasteiger partial charge < -0.3 is 5.21 Å². The molecule has 1 saturated carbocycles. The predicted molar refractivity (Wildman–Crippen MR) is 39.5 cm³/mol. The Hall–Kier alpha value is -0.640. The SMILES string of the molecule is O=[N+]1C2CCCCCC2N1[O-]. The molecule has 62 valence electrons. The fourth-order valence-electron chi connectivity index (χ4n) is 2.01. The van der Waals surface area contributed by atoms with Crippen molar-refractivity contribution in [3.05, 3.63) is 10.1 Å². The molecule has 0 amide bonds. The molecule has 1 aliphatic carbocycles. The van der Waals surface area contributed by atoms with Crippen molar-refractivity contribution in [1.29, 1.82) is 0 Å². The highest BCUT2D eigenvalue weighted by Crippen LogP contribution is 2.31. The fraction of sp³-hybridized carbons (Fsp3) is 1.00. The monoisotopic (exact) mass is 156 g/mol. The van der Waals surface area contributed by atoms with Gasteiger partial charge in [-0.15, -0.1) is 0 Å². The standard InChI is InChI=1S/C7H12N2O2/c10-8-6-4-2-1-3-5-7(6)9(8)11/h6-7H,1-5H2. The predicted octanol–water partition coefficient (Wildman–Crippen LogP) is 1.20. The zero-order valence-corrected chi connectivity index (χ0v) is 6.40. The van der Waals surface area contributed by atoms with E-state index in [9.17, 15) is 10.1 Å². The van der Waals surface area contributed by atoms with E-state index in [1.54, 1.807) is 0 Å². The van der Waals surface area contributed by atoms with E-state index in [-0.39, 0.29) is 12.1 Å². The van der Waals surface area contributed by atoms with Gasteiger partial charge in [-0.05, 0) is 12.8 Å². The summed E-state index contributed by atoms with van der Waals surface area (Å²) in [6.07, 6.45) is 5.20. The van der Waals surface area contributed by atoms with E-state index in [0.29, 0.717) is 10.0 Å². The number of hydrazine groups is 1. The molecule has 11 heavy (non-hydrogen) atoms. The molecule has 0 aromatic carbocycles. The molecule has 1 saturated heterocycles. The van der Waals surface area contributed by atoms with Crippen molar-refractivity contribution in [3.63, 3.8) is 0 Å². The molecule has 2 unspecified atom stereocenters. The number of fused-ring (bicyclic) bond motifs is 1. The summed E-state index contributed by atoms with van der Waals surface area (Å²) in [6, 6.07) is 0.0185. The van der Waals surface area contributed by atoms with Crippen molar-refractivity contribution in [2.45, 2.75) is 44.2 Å². The number of nitrogens with zero attached hydrogens (tertiary/aromatic N) is 2. The lowest BCUT2D eigenvalue weighted by Crippen LogP contribution is -2.62. The van der Waals surface area contributed by atoms with Crippen LogP contribution in [0.1, 0.15) is 32.1 Å². The Balaban J connectivity index is 2.05. The summed E-state index contributed by atoms with van der Waals surface area (Å²) < 4.78 is 0. The van der Waals surface area contributed by atoms with Gasteiger partial charge in [0.05, 0.1) is 4.91 Å². The lowest BCUT2D eigenvalue weighted by Gasteiger charge is -2.40. The van der Waals surface area contributed by atoms with Crippen LogP contribution >= 0.6 is 0 Å². The molecule has 2 atom stereocenters. The maximum Gasteiger partial charge on any atom is 0.258 e. The Bertz CT molecular complexity index is 183. The van der Waals surface area contributed by atoms with Crippen molar-refractivity contribution in [2.75, 3.05) is 0 Å². The molecule has 0 N–H and O–H groups in total. The van der Waals surface area contributed by atoms with Crippen LogP contribution in [0, 0.1) is 10.1 Å². The van der Waals surface area contributed by atoms with Gasteiger partial charge in [0.2, 0.25) is 0 Å². The van der Waals surface area contributed by atoms with Crippen LogP contribution in [0.25, 0.3) is 0 Å². The first kappa shape index (κ1) is 7.03. The Kier molecular flexibility index (Phi) is 1.56. The summed E-state index contributed by atoms with van der Waals surface area (Å²) in [4.78, 5) is 11.5. The Morgan fingerprint density at radius 3 is 2.82 bits per heavy atom. The van der Waals surface area contributed by atoms with Crippen LogP contribution in [0.15, 0.2) is 0 Å². The minimum Gasteiger partial charge on any atom is -0.704 e. The van der Waals surface area contributed by atoms with Gasteiger partial charge in [-0.2, -0.15) is 5.17 Å². The van der Waals surface area contributed by atoms with Crippen LogP contribution < -0.4 is 0 Å². The molecular weight excluding hydrogens is 144 g/mol. The van der Waals surface area contributed by atoms with E-state index in [1.165, 1.54) is 6.42 Å². The van der Waals surface area contributed by atoms with Crippen molar-refractivity contribution in [1.82, 2.24) is 5.17 Å². The molecule has 2 rings (SSSR count). The van der Waals surface area contributed by atoms with Crippen molar-refractivity contribution >= 4 is 0 Å². The Morgan fingerprint density at radius 1 is 1.27 bits per heavy atom. The maximum atomic E-state index is 10.9. The smallest absolute Gasteiger partial charge is 0.258 e. The second-order valence-electron chi connectivity index (χ2n) is 3.38. The van der Waals surface area contributed by atoms with E-state index in [4.69, 9.17) is 0 Å². The fourth-order valence-corrected chi connectivity index (χ4v) is 2.01. The molecule has 0 spiro atoms. The molecule has 2 fully saturated rings.